The van der Waals surface area contributed by atoms with Crippen molar-refractivity contribution in [3.8, 4) is 11.5 Å². The molecule has 1 aliphatic heterocycles. The van der Waals surface area contributed by atoms with Crippen LogP contribution >= 0.6 is 11.3 Å². The first-order chi connectivity index (χ1) is 12.8. The molecule has 0 saturated carbocycles. The number of aryl methyl sites for hydroxylation is 1. The van der Waals surface area contributed by atoms with Crippen molar-refractivity contribution in [1.82, 2.24) is 19.9 Å². The summed E-state index contributed by atoms with van der Waals surface area (Å²) in [7, 11) is 0. The molecule has 3 aromatic rings. The van der Waals surface area contributed by atoms with Crippen molar-refractivity contribution >= 4 is 22.3 Å². The zero-order valence-corrected chi connectivity index (χ0v) is 15.7. The molecular weight excluding hydrogens is 344 g/mol. The zero-order chi connectivity index (χ0) is 17.8. The van der Waals surface area contributed by atoms with E-state index in [0.29, 0.717) is 5.82 Å². The van der Waals surface area contributed by atoms with Gasteiger partial charge in [-0.05, 0) is 25.0 Å². The minimum absolute atomic E-state index is 0.709. The van der Waals surface area contributed by atoms with Crippen molar-refractivity contribution in [3.05, 3.63) is 47.7 Å². The lowest BCUT2D eigenvalue weighted by atomic mass is 10.2. The third-order valence-corrected chi connectivity index (χ3v) is 5.36. The molecule has 0 N–H and O–H groups in total. The minimum Gasteiger partial charge on any atom is -0.355 e. The summed E-state index contributed by atoms with van der Waals surface area (Å²) in [5.41, 5.74) is 1.87. The molecule has 0 spiro atoms. The van der Waals surface area contributed by atoms with Gasteiger partial charge in [-0.3, -0.25) is 4.98 Å². The molecule has 0 aliphatic carbocycles. The van der Waals surface area contributed by atoms with E-state index in [1.54, 1.807) is 17.5 Å². The Balaban J connectivity index is 1.59. The Bertz CT molecular complexity index is 837. The lowest BCUT2D eigenvalue weighted by Crippen LogP contribution is -2.31. The lowest BCUT2D eigenvalue weighted by Gasteiger charge is -2.23. The molecule has 0 atom stereocenters. The average molecular weight is 366 g/mol. The van der Waals surface area contributed by atoms with Crippen molar-refractivity contribution in [3.63, 3.8) is 0 Å². The van der Waals surface area contributed by atoms with Crippen LogP contribution in [0.4, 0.5) is 10.9 Å². The summed E-state index contributed by atoms with van der Waals surface area (Å²) in [6.45, 7) is 6.03. The number of nitrogens with zero attached hydrogens (tertiary/aromatic N) is 6. The van der Waals surface area contributed by atoms with Gasteiger partial charge in [0.1, 0.15) is 11.5 Å². The van der Waals surface area contributed by atoms with E-state index < -0.39 is 0 Å². The van der Waals surface area contributed by atoms with Gasteiger partial charge in [-0.15, -0.1) is 11.3 Å². The molecule has 26 heavy (non-hydrogen) atoms. The highest BCUT2D eigenvalue weighted by Gasteiger charge is 2.19. The Hall–Kier alpha value is -2.54. The average Bonchev–Trinajstić information content (AvgIpc) is 3.13. The van der Waals surface area contributed by atoms with Crippen LogP contribution < -0.4 is 9.80 Å². The van der Waals surface area contributed by atoms with Gasteiger partial charge >= 0.3 is 0 Å². The quantitative estimate of drug-likeness (QED) is 0.706. The molecular formula is C19H22N6S. The highest BCUT2D eigenvalue weighted by atomic mass is 32.1. The monoisotopic (exact) mass is 366 g/mol. The minimum atomic E-state index is 0.709. The molecule has 0 bridgehead atoms. The van der Waals surface area contributed by atoms with Gasteiger partial charge in [0.25, 0.3) is 0 Å². The molecule has 3 aromatic heterocycles. The van der Waals surface area contributed by atoms with Crippen LogP contribution in [0.25, 0.3) is 11.5 Å². The van der Waals surface area contributed by atoms with E-state index in [4.69, 9.17) is 4.98 Å². The van der Waals surface area contributed by atoms with Crippen LogP contribution in [0.2, 0.25) is 0 Å². The number of anilines is 2. The molecule has 1 saturated heterocycles. The van der Waals surface area contributed by atoms with Gasteiger partial charge < -0.3 is 9.80 Å². The first-order valence-electron chi connectivity index (χ1n) is 9.02. The highest BCUT2D eigenvalue weighted by Crippen LogP contribution is 2.23. The molecule has 0 unspecified atom stereocenters. The van der Waals surface area contributed by atoms with E-state index in [1.165, 1.54) is 0 Å². The number of hydrogen-bond donors (Lipinski definition) is 0. The first kappa shape index (κ1) is 16.9. The van der Waals surface area contributed by atoms with E-state index in [-0.39, 0.29) is 0 Å². The van der Waals surface area contributed by atoms with Crippen molar-refractivity contribution in [2.24, 2.45) is 0 Å². The molecule has 7 heteroatoms. The molecule has 0 radical (unpaired) electrons. The van der Waals surface area contributed by atoms with E-state index in [0.717, 1.165) is 61.4 Å². The van der Waals surface area contributed by atoms with Crippen molar-refractivity contribution in [1.29, 1.82) is 0 Å². The fraction of sp³-hybridized carbons (Fsp3) is 0.368. The largest absolute Gasteiger partial charge is 0.355 e. The van der Waals surface area contributed by atoms with Gasteiger partial charge in [0.15, 0.2) is 11.0 Å². The molecule has 0 aromatic carbocycles. The van der Waals surface area contributed by atoms with Gasteiger partial charge in [0.2, 0.25) is 0 Å². The maximum absolute atomic E-state index is 4.83. The molecule has 1 aliphatic rings. The number of hydrogen-bond acceptors (Lipinski definition) is 7. The summed E-state index contributed by atoms with van der Waals surface area (Å²) >= 11 is 1.70. The second-order valence-corrected chi connectivity index (χ2v) is 7.12. The summed E-state index contributed by atoms with van der Waals surface area (Å²) in [5.74, 6) is 1.71. The topological polar surface area (TPSA) is 58.0 Å². The number of pyridine rings is 1. The van der Waals surface area contributed by atoms with Gasteiger partial charge in [0.05, 0.1) is 0 Å². The molecule has 4 rings (SSSR count). The van der Waals surface area contributed by atoms with Crippen LogP contribution in [0.5, 0.6) is 0 Å². The second-order valence-electron chi connectivity index (χ2n) is 6.25. The van der Waals surface area contributed by atoms with Crippen LogP contribution in [0, 0.1) is 0 Å². The van der Waals surface area contributed by atoms with E-state index >= 15 is 0 Å². The van der Waals surface area contributed by atoms with Gasteiger partial charge in [0, 0.05) is 55.7 Å². The van der Waals surface area contributed by atoms with Gasteiger partial charge in [-0.1, -0.05) is 13.0 Å². The fourth-order valence-electron chi connectivity index (χ4n) is 3.15. The third-order valence-electron chi connectivity index (χ3n) is 4.53. The van der Waals surface area contributed by atoms with Crippen molar-refractivity contribution in [2.45, 2.75) is 19.8 Å². The van der Waals surface area contributed by atoms with Crippen molar-refractivity contribution < 1.29 is 0 Å². The number of thiazole rings is 1. The Morgan fingerprint density at radius 3 is 2.65 bits per heavy atom. The summed E-state index contributed by atoms with van der Waals surface area (Å²) < 4.78 is 0. The number of aromatic nitrogens is 4. The van der Waals surface area contributed by atoms with E-state index in [2.05, 4.69) is 37.7 Å². The van der Waals surface area contributed by atoms with Crippen molar-refractivity contribution in [2.75, 3.05) is 36.0 Å². The van der Waals surface area contributed by atoms with Crippen LogP contribution in [-0.4, -0.2) is 46.1 Å². The van der Waals surface area contributed by atoms with E-state index in [1.807, 2.05) is 29.8 Å². The SMILES string of the molecule is CCc1cc(N2CCCN(c3nccs3)CC2)nc(-c2ccccn2)n1. The Labute approximate surface area is 157 Å². The second kappa shape index (κ2) is 7.78. The van der Waals surface area contributed by atoms with Crippen LogP contribution in [0.1, 0.15) is 19.0 Å². The first-order valence-corrected chi connectivity index (χ1v) is 9.90. The number of rotatable bonds is 4. The van der Waals surface area contributed by atoms with Crippen LogP contribution in [0.15, 0.2) is 42.0 Å². The Kier molecular flexibility index (Phi) is 5.06. The molecule has 1 fully saturated rings. The third kappa shape index (κ3) is 3.67. The van der Waals surface area contributed by atoms with Crippen LogP contribution in [-0.2, 0) is 6.42 Å². The standard InChI is InChI=1S/C19H22N6S/c1-2-15-14-17(23-18(22-15)16-6-3-4-7-20-16)24-9-5-10-25(12-11-24)19-21-8-13-26-19/h3-4,6-8,13-14H,2,5,9-12H2,1H3. The maximum atomic E-state index is 4.83. The smallest absolute Gasteiger partial charge is 0.185 e. The predicted octanol–water partition coefficient (Wildman–Crippen LogP) is 3.27. The van der Waals surface area contributed by atoms with Gasteiger partial charge in [-0.25, -0.2) is 15.0 Å². The molecule has 0 amide bonds. The normalized spacial score (nSPS) is 15.1. The molecule has 6 nitrogen and oxygen atoms in total. The molecule has 134 valence electrons. The zero-order valence-electron chi connectivity index (χ0n) is 14.9. The predicted molar refractivity (Wildman–Crippen MR) is 106 cm³/mol. The Morgan fingerprint density at radius 2 is 1.88 bits per heavy atom. The summed E-state index contributed by atoms with van der Waals surface area (Å²) in [4.78, 5) is 23.1. The molecule has 4 heterocycles. The lowest BCUT2D eigenvalue weighted by molar-refractivity contribution is 0.793. The summed E-state index contributed by atoms with van der Waals surface area (Å²) in [6.07, 6.45) is 5.63. The van der Waals surface area contributed by atoms with E-state index in [9.17, 15) is 0 Å². The van der Waals surface area contributed by atoms with Crippen LogP contribution in [0.3, 0.4) is 0 Å². The fourth-order valence-corrected chi connectivity index (χ4v) is 3.84. The summed E-state index contributed by atoms with van der Waals surface area (Å²) in [5, 5.41) is 3.15. The maximum Gasteiger partial charge on any atom is 0.185 e. The van der Waals surface area contributed by atoms with Gasteiger partial charge in [-0.2, -0.15) is 0 Å². The Morgan fingerprint density at radius 1 is 1.00 bits per heavy atom. The summed E-state index contributed by atoms with van der Waals surface area (Å²) in [6, 6.07) is 7.97. The highest BCUT2D eigenvalue weighted by molar-refractivity contribution is 7.13.